The number of carbonyl (C=O) groups excluding carboxylic acids is 1. The summed E-state index contributed by atoms with van der Waals surface area (Å²) in [5.41, 5.74) is 0.849. The number of amides is 2. The number of hydrogen-bond acceptors (Lipinski definition) is 8. The minimum absolute atomic E-state index is 0.00633. The molecule has 186 valence electrons. The molecule has 36 heavy (non-hydrogen) atoms. The number of pyridine rings is 1. The Morgan fingerprint density at radius 3 is 2.64 bits per heavy atom. The standard InChI is InChI=1S/C23H20ClF2N7O3/c1-11(19-5-6-28-36-19)31-33(4)23(34)29-12(2)21-18(26)7-14(10-27-21)16-8-15(24)9-17(25)20(16)22-30-13(3)35-32-22/h5-10,12H,1-4H3,(H,29,34)/b31-11-. The van der Waals surface area contributed by atoms with E-state index in [4.69, 9.17) is 20.6 Å². The molecule has 3 aromatic heterocycles. The first-order chi connectivity index (χ1) is 17.1. The summed E-state index contributed by atoms with van der Waals surface area (Å²) in [6, 6.07) is 3.92. The highest BCUT2D eigenvalue weighted by Crippen LogP contribution is 2.36. The van der Waals surface area contributed by atoms with Crippen LogP contribution in [-0.2, 0) is 0 Å². The molecule has 0 aliphatic carbocycles. The van der Waals surface area contributed by atoms with Crippen LogP contribution in [0, 0.1) is 18.6 Å². The highest BCUT2D eigenvalue weighted by atomic mass is 35.5. The van der Waals surface area contributed by atoms with E-state index < -0.39 is 23.7 Å². The van der Waals surface area contributed by atoms with Crippen molar-refractivity contribution in [2.45, 2.75) is 26.8 Å². The van der Waals surface area contributed by atoms with Crippen LogP contribution in [-0.4, -0.2) is 44.1 Å². The van der Waals surface area contributed by atoms with Gasteiger partial charge in [-0.3, -0.25) is 4.98 Å². The Bertz CT molecular complexity index is 1440. The Balaban J connectivity index is 1.58. The zero-order valence-electron chi connectivity index (χ0n) is 19.6. The van der Waals surface area contributed by atoms with Crippen molar-refractivity contribution in [2.24, 2.45) is 5.10 Å². The molecule has 10 nitrogen and oxygen atoms in total. The highest BCUT2D eigenvalue weighted by molar-refractivity contribution is 6.31. The van der Waals surface area contributed by atoms with Gasteiger partial charge in [0.25, 0.3) is 0 Å². The van der Waals surface area contributed by atoms with E-state index in [0.717, 1.165) is 11.1 Å². The number of aryl methyl sites for hydroxylation is 1. The number of nitrogens with one attached hydrogen (secondary N) is 1. The number of benzene rings is 1. The summed E-state index contributed by atoms with van der Waals surface area (Å²) in [5, 5.41) is 15.2. The van der Waals surface area contributed by atoms with Crippen molar-refractivity contribution in [3.63, 3.8) is 0 Å². The Hall–Kier alpha value is -4.19. The molecule has 3 heterocycles. The number of halogens is 3. The van der Waals surface area contributed by atoms with Crippen molar-refractivity contribution in [3.8, 4) is 22.5 Å². The highest BCUT2D eigenvalue weighted by Gasteiger charge is 2.22. The van der Waals surface area contributed by atoms with Crippen LogP contribution in [0.1, 0.15) is 37.2 Å². The Kier molecular flexibility index (Phi) is 7.06. The quantitative estimate of drug-likeness (QED) is 0.278. The summed E-state index contributed by atoms with van der Waals surface area (Å²) >= 11 is 6.05. The van der Waals surface area contributed by atoms with E-state index in [9.17, 15) is 9.18 Å². The van der Waals surface area contributed by atoms with Gasteiger partial charge in [0.1, 0.15) is 17.3 Å². The van der Waals surface area contributed by atoms with Crippen molar-refractivity contribution < 1.29 is 22.6 Å². The van der Waals surface area contributed by atoms with Crippen LogP contribution in [0.5, 0.6) is 0 Å². The second kappa shape index (κ2) is 10.2. The third-order valence-electron chi connectivity index (χ3n) is 5.13. The van der Waals surface area contributed by atoms with Gasteiger partial charge in [0, 0.05) is 36.8 Å². The predicted octanol–water partition coefficient (Wildman–Crippen LogP) is 5.15. The molecule has 0 aliphatic rings. The lowest BCUT2D eigenvalue weighted by Gasteiger charge is -2.19. The van der Waals surface area contributed by atoms with Crippen molar-refractivity contribution in [1.29, 1.82) is 0 Å². The minimum atomic E-state index is -0.815. The monoisotopic (exact) mass is 515 g/mol. The molecule has 0 fully saturated rings. The summed E-state index contributed by atoms with van der Waals surface area (Å²) in [7, 11) is 1.43. The van der Waals surface area contributed by atoms with Gasteiger partial charge in [-0.2, -0.15) is 10.1 Å². The van der Waals surface area contributed by atoms with E-state index in [1.807, 2.05) is 0 Å². The molecule has 4 rings (SSSR count). The van der Waals surface area contributed by atoms with Crippen molar-refractivity contribution >= 4 is 23.3 Å². The van der Waals surface area contributed by atoms with E-state index in [-0.39, 0.29) is 39.1 Å². The average Bonchev–Trinajstić information content (AvgIpc) is 3.50. The van der Waals surface area contributed by atoms with Gasteiger partial charge >= 0.3 is 6.03 Å². The molecule has 0 radical (unpaired) electrons. The number of urea groups is 1. The lowest BCUT2D eigenvalue weighted by molar-refractivity contribution is 0.207. The van der Waals surface area contributed by atoms with Gasteiger partial charge in [0.15, 0.2) is 5.76 Å². The first kappa shape index (κ1) is 24.9. The lowest BCUT2D eigenvalue weighted by Crippen LogP contribution is -2.36. The molecule has 0 saturated carbocycles. The SMILES string of the molecule is C/C(=N/N(C)C(=O)NC(C)c1ncc(-c2cc(Cl)cc(F)c2-c2noc(C)n2)cc1F)c1ccno1. The summed E-state index contributed by atoms with van der Waals surface area (Å²) < 4.78 is 39.9. The summed E-state index contributed by atoms with van der Waals surface area (Å²) in [5.74, 6) is -0.794. The zero-order chi connectivity index (χ0) is 26.0. The molecule has 1 atom stereocenters. The van der Waals surface area contributed by atoms with E-state index in [1.165, 1.54) is 31.6 Å². The van der Waals surface area contributed by atoms with Crippen LogP contribution in [0.4, 0.5) is 13.6 Å². The summed E-state index contributed by atoms with van der Waals surface area (Å²) in [6.45, 7) is 4.78. The maximum absolute atomic E-state index is 15.1. The molecular formula is C23H20ClF2N7O3. The van der Waals surface area contributed by atoms with Gasteiger partial charge in [-0.15, -0.1) is 0 Å². The maximum atomic E-state index is 15.1. The summed E-state index contributed by atoms with van der Waals surface area (Å²) in [6.07, 6.45) is 2.80. The number of nitrogens with zero attached hydrogens (tertiary/aromatic N) is 6. The van der Waals surface area contributed by atoms with E-state index in [2.05, 4.69) is 30.7 Å². The maximum Gasteiger partial charge on any atom is 0.338 e. The van der Waals surface area contributed by atoms with Crippen molar-refractivity contribution in [3.05, 3.63) is 70.7 Å². The van der Waals surface area contributed by atoms with E-state index in [1.54, 1.807) is 26.8 Å². The van der Waals surface area contributed by atoms with Crippen LogP contribution in [0.25, 0.3) is 22.5 Å². The number of aromatic nitrogens is 4. The van der Waals surface area contributed by atoms with Crippen LogP contribution >= 0.6 is 11.6 Å². The molecule has 1 aromatic carbocycles. The topological polar surface area (TPSA) is 123 Å². The average molecular weight is 516 g/mol. The largest absolute Gasteiger partial charge is 0.355 e. The van der Waals surface area contributed by atoms with Crippen LogP contribution in [0.3, 0.4) is 0 Å². The molecule has 0 aliphatic heterocycles. The van der Waals surface area contributed by atoms with Gasteiger partial charge in [-0.1, -0.05) is 21.9 Å². The smallest absolute Gasteiger partial charge is 0.338 e. The molecule has 1 N–H and O–H groups in total. The van der Waals surface area contributed by atoms with Crippen molar-refractivity contribution in [2.75, 3.05) is 7.05 Å². The molecule has 4 aromatic rings. The first-order valence-corrected chi connectivity index (χ1v) is 11.0. The molecule has 0 saturated heterocycles. The number of hydrogen-bond donors (Lipinski definition) is 1. The van der Waals surface area contributed by atoms with Crippen LogP contribution in [0.2, 0.25) is 5.02 Å². The van der Waals surface area contributed by atoms with Gasteiger partial charge in [0.05, 0.1) is 23.5 Å². The number of carbonyl (C=O) groups is 1. The van der Waals surface area contributed by atoms with E-state index in [0.29, 0.717) is 11.5 Å². The molecule has 2 amide bonds. The molecular weight excluding hydrogens is 496 g/mol. The second-order valence-electron chi connectivity index (χ2n) is 7.80. The molecule has 13 heteroatoms. The fourth-order valence-corrected chi connectivity index (χ4v) is 3.62. The fourth-order valence-electron chi connectivity index (χ4n) is 3.41. The predicted molar refractivity (Wildman–Crippen MR) is 126 cm³/mol. The Morgan fingerprint density at radius 2 is 2.00 bits per heavy atom. The third kappa shape index (κ3) is 5.23. The van der Waals surface area contributed by atoms with Gasteiger partial charge in [-0.25, -0.2) is 18.6 Å². The third-order valence-corrected chi connectivity index (χ3v) is 5.34. The normalized spacial score (nSPS) is 12.5. The van der Waals surface area contributed by atoms with Gasteiger partial charge in [-0.05, 0) is 37.6 Å². The Labute approximate surface area is 208 Å². The van der Waals surface area contributed by atoms with Crippen molar-refractivity contribution in [1.82, 2.24) is 30.6 Å². The Morgan fingerprint density at radius 1 is 1.22 bits per heavy atom. The van der Waals surface area contributed by atoms with Gasteiger partial charge in [0.2, 0.25) is 11.7 Å². The lowest BCUT2D eigenvalue weighted by atomic mass is 9.99. The number of rotatable bonds is 6. The molecule has 1 unspecified atom stereocenters. The van der Waals surface area contributed by atoms with Gasteiger partial charge < -0.3 is 14.4 Å². The number of hydrazone groups is 1. The summed E-state index contributed by atoms with van der Waals surface area (Å²) in [4.78, 5) is 20.8. The first-order valence-electron chi connectivity index (χ1n) is 10.6. The van der Waals surface area contributed by atoms with E-state index >= 15 is 4.39 Å². The zero-order valence-corrected chi connectivity index (χ0v) is 20.3. The molecule has 0 spiro atoms. The van der Waals surface area contributed by atoms with Crippen LogP contribution in [0.15, 0.2) is 50.8 Å². The minimum Gasteiger partial charge on any atom is -0.355 e. The second-order valence-corrected chi connectivity index (χ2v) is 8.23. The molecule has 0 bridgehead atoms. The van der Waals surface area contributed by atoms with Crippen LogP contribution < -0.4 is 5.32 Å². The fraction of sp³-hybridized carbons (Fsp3) is 0.217.